The number of benzene rings is 2. The highest BCUT2D eigenvalue weighted by Crippen LogP contribution is 2.28. The highest BCUT2D eigenvalue weighted by Gasteiger charge is 2.31. The zero-order valence-electron chi connectivity index (χ0n) is 20.1. The number of pyridine rings is 2. The molecule has 10 heteroatoms. The normalized spacial score (nSPS) is 11.5. The van der Waals surface area contributed by atoms with E-state index in [1.54, 1.807) is 30.6 Å². The highest BCUT2D eigenvalue weighted by molar-refractivity contribution is 7.89. The van der Waals surface area contributed by atoms with Gasteiger partial charge in [-0.15, -0.1) is 0 Å². The summed E-state index contributed by atoms with van der Waals surface area (Å²) in [6, 6.07) is 24.1. The molecule has 4 aromatic rings. The first-order valence-corrected chi connectivity index (χ1v) is 13.2. The van der Waals surface area contributed by atoms with Crippen molar-refractivity contribution in [3.63, 3.8) is 0 Å². The van der Waals surface area contributed by atoms with Crippen molar-refractivity contribution in [2.75, 3.05) is 6.54 Å². The summed E-state index contributed by atoms with van der Waals surface area (Å²) in [6.45, 7) is 1.47. The second-order valence-corrected chi connectivity index (χ2v) is 10.3. The molecule has 37 heavy (non-hydrogen) atoms. The molecule has 190 valence electrons. The molecule has 2 aromatic carbocycles. The zero-order chi connectivity index (χ0) is 26.1. The molecule has 0 bridgehead atoms. The molecule has 0 amide bonds. The summed E-state index contributed by atoms with van der Waals surface area (Å²) in [5.74, 6) is 0. The molecule has 0 radical (unpaired) electrons. The van der Waals surface area contributed by atoms with Gasteiger partial charge in [0.15, 0.2) is 4.90 Å². The molecular weight excluding hydrogens is 490 g/mol. The van der Waals surface area contributed by atoms with Crippen molar-refractivity contribution in [2.45, 2.75) is 31.0 Å². The molecule has 2 heterocycles. The minimum atomic E-state index is -4.19. The van der Waals surface area contributed by atoms with Crippen molar-refractivity contribution in [1.29, 1.82) is 0 Å². The Balaban J connectivity index is 1.48. The van der Waals surface area contributed by atoms with E-state index in [9.17, 15) is 18.5 Å². The molecule has 2 aromatic heterocycles. The number of rotatable bonds is 12. The van der Waals surface area contributed by atoms with Crippen LogP contribution in [0.1, 0.15) is 22.5 Å². The fraction of sp³-hybridized carbons (Fsp3) is 0.185. The first-order chi connectivity index (χ1) is 17.9. The van der Waals surface area contributed by atoms with E-state index in [1.807, 2.05) is 42.5 Å². The number of nitro groups is 1. The van der Waals surface area contributed by atoms with Gasteiger partial charge in [-0.25, -0.2) is 8.42 Å². The first kappa shape index (κ1) is 26.1. The van der Waals surface area contributed by atoms with Gasteiger partial charge in [0.2, 0.25) is 0 Å². The van der Waals surface area contributed by atoms with E-state index in [2.05, 4.69) is 15.3 Å². The molecule has 0 unspecified atom stereocenters. The maximum absolute atomic E-state index is 13.6. The van der Waals surface area contributed by atoms with Gasteiger partial charge in [-0.3, -0.25) is 20.1 Å². The Morgan fingerprint density at radius 2 is 1.41 bits per heavy atom. The highest BCUT2D eigenvalue weighted by atomic mass is 32.2. The Morgan fingerprint density at radius 1 is 0.784 bits per heavy atom. The van der Waals surface area contributed by atoms with Gasteiger partial charge < -0.3 is 5.32 Å². The number of hydrogen-bond donors (Lipinski definition) is 1. The number of nitrogens with one attached hydrogen (secondary N) is 1. The summed E-state index contributed by atoms with van der Waals surface area (Å²) in [5.41, 5.74) is 2.93. The van der Waals surface area contributed by atoms with Gasteiger partial charge in [-0.05, 0) is 41.5 Å². The Kier molecular flexibility index (Phi) is 8.68. The average molecular weight is 518 g/mol. The van der Waals surface area contributed by atoms with Crippen LogP contribution in [0.15, 0.2) is 102 Å². The number of para-hydroxylation sites is 1. The third-order valence-corrected chi connectivity index (χ3v) is 7.58. The van der Waals surface area contributed by atoms with Gasteiger partial charge in [-0.2, -0.15) is 4.31 Å². The van der Waals surface area contributed by atoms with Crippen molar-refractivity contribution in [2.24, 2.45) is 0 Å². The van der Waals surface area contributed by atoms with Gasteiger partial charge >= 0.3 is 0 Å². The van der Waals surface area contributed by atoms with Gasteiger partial charge in [-0.1, -0.05) is 48.5 Å². The van der Waals surface area contributed by atoms with Crippen molar-refractivity contribution < 1.29 is 13.3 Å². The van der Waals surface area contributed by atoms with Crippen molar-refractivity contribution in [3.05, 3.63) is 130 Å². The third kappa shape index (κ3) is 7.04. The molecule has 0 fully saturated rings. The number of nitrogens with zero attached hydrogens (tertiary/aromatic N) is 4. The maximum Gasteiger partial charge on any atom is 0.289 e. The Morgan fingerprint density at radius 3 is 2.05 bits per heavy atom. The molecule has 0 aliphatic heterocycles. The van der Waals surface area contributed by atoms with Crippen LogP contribution in [0.3, 0.4) is 0 Å². The molecule has 0 saturated carbocycles. The quantitative estimate of drug-likeness (QED) is 0.171. The van der Waals surface area contributed by atoms with Gasteiger partial charge in [0.05, 0.1) is 17.2 Å². The van der Waals surface area contributed by atoms with E-state index < -0.39 is 20.6 Å². The van der Waals surface area contributed by atoms with E-state index >= 15 is 0 Å². The summed E-state index contributed by atoms with van der Waals surface area (Å²) >= 11 is 0. The molecule has 0 aliphatic carbocycles. The lowest BCUT2D eigenvalue weighted by Crippen LogP contribution is -2.31. The van der Waals surface area contributed by atoms with E-state index in [1.165, 1.54) is 28.6 Å². The largest absolute Gasteiger partial charge is 0.312 e. The molecule has 0 atom stereocenters. The topological polar surface area (TPSA) is 118 Å². The average Bonchev–Trinajstić information content (AvgIpc) is 2.93. The zero-order valence-corrected chi connectivity index (χ0v) is 20.9. The molecule has 1 N–H and O–H groups in total. The summed E-state index contributed by atoms with van der Waals surface area (Å²) in [6.07, 6.45) is 4.19. The van der Waals surface area contributed by atoms with E-state index in [-0.39, 0.29) is 18.0 Å². The Bertz CT molecular complexity index is 1420. The predicted molar refractivity (Wildman–Crippen MR) is 140 cm³/mol. The van der Waals surface area contributed by atoms with E-state index in [4.69, 9.17) is 0 Å². The van der Waals surface area contributed by atoms with Crippen LogP contribution in [-0.4, -0.2) is 34.2 Å². The minimum absolute atomic E-state index is 0.0218. The van der Waals surface area contributed by atoms with Gasteiger partial charge in [0.25, 0.3) is 15.7 Å². The summed E-state index contributed by atoms with van der Waals surface area (Å²) in [7, 11) is -4.19. The number of hydrogen-bond acceptors (Lipinski definition) is 7. The van der Waals surface area contributed by atoms with Gasteiger partial charge in [0, 0.05) is 50.2 Å². The lowest BCUT2D eigenvalue weighted by atomic mass is 10.1. The molecule has 9 nitrogen and oxygen atoms in total. The van der Waals surface area contributed by atoms with Crippen LogP contribution in [0.2, 0.25) is 0 Å². The lowest BCUT2D eigenvalue weighted by Gasteiger charge is -2.22. The fourth-order valence-electron chi connectivity index (χ4n) is 3.82. The SMILES string of the molecule is O=[N+]([O-])c1ccccc1S(=O)(=O)N(Cc1ccc(CNCCc2ccccn2)cc1)Cc1ccccn1. The Hall–Kier alpha value is -3.99. The molecular formula is C27H27N5O4S. The third-order valence-electron chi connectivity index (χ3n) is 5.74. The fourth-order valence-corrected chi connectivity index (χ4v) is 5.38. The summed E-state index contributed by atoms with van der Waals surface area (Å²) in [4.78, 5) is 19.1. The van der Waals surface area contributed by atoms with Crippen LogP contribution >= 0.6 is 0 Å². The standard InChI is InChI=1S/C27H27N5O4S/c33-32(34)26-9-1-2-10-27(26)37(35,36)31(21-25-8-4-6-17-30-25)20-23-13-11-22(12-14-23)19-28-18-15-24-7-3-5-16-29-24/h1-14,16-17,28H,15,18-21H2. The molecule has 0 saturated heterocycles. The number of aromatic nitrogens is 2. The smallest absolute Gasteiger partial charge is 0.289 e. The van der Waals surface area contributed by atoms with Crippen LogP contribution in [0, 0.1) is 10.1 Å². The van der Waals surface area contributed by atoms with Crippen molar-refractivity contribution >= 4 is 15.7 Å². The van der Waals surface area contributed by atoms with Crippen LogP contribution in [0.4, 0.5) is 5.69 Å². The second kappa shape index (κ2) is 12.3. The molecule has 4 rings (SSSR count). The van der Waals surface area contributed by atoms with E-state index in [0.29, 0.717) is 12.2 Å². The van der Waals surface area contributed by atoms with Crippen LogP contribution in [0.25, 0.3) is 0 Å². The summed E-state index contributed by atoms with van der Waals surface area (Å²) < 4.78 is 28.4. The number of nitro benzene ring substituents is 1. The van der Waals surface area contributed by atoms with Crippen molar-refractivity contribution in [1.82, 2.24) is 19.6 Å². The first-order valence-electron chi connectivity index (χ1n) is 11.8. The predicted octanol–water partition coefficient (Wildman–Crippen LogP) is 4.11. The van der Waals surface area contributed by atoms with Crippen LogP contribution in [-0.2, 0) is 36.1 Å². The summed E-state index contributed by atoms with van der Waals surface area (Å²) in [5, 5.41) is 14.9. The molecule has 0 aliphatic rings. The number of sulfonamides is 1. The van der Waals surface area contributed by atoms with Crippen LogP contribution < -0.4 is 5.32 Å². The van der Waals surface area contributed by atoms with E-state index in [0.717, 1.165) is 29.8 Å². The maximum atomic E-state index is 13.6. The van der Waals surface area contributed by atoms with Crippen LogP contribution in [0.5, 0.6) is 0 Å². The molecule has 0 spiro atoms. The monoisotopic (exact) mass is 517 g/mol. The lowest BCUT2D eigenvalue weighted by molar-refractivity contribution is -0.387. The van der Waals surface area contributed by atoms with Gasteiger partial charge in [0.1, 0.15) is 0 Å². The van der Waals surface area contributed by atoms with Crippen molar-refractivity contribution in [3.8, 4) is 0 Å². The second-order valence-electron chi connectivity index (χ2n) is 8.38. The minimum Gasteiger partial charge on any atom is -0.312 e. The Labute approximate surface area is 216 Å².